The lowest BCUT2D eigenvalue weighted by molar-refractivity contribution is -0.384. The molecule has 0 N–H and O–H groups in total. The molecule has 3 aromatic rings. The average Bonchev–Trinajstić information content (AvgIpc) is 2.92. The lowest BCUT2D eigenvalue weighted by Crippen LogP contribution is -2.08. The van der Waals surface area contributed by atoms with Gasteiger partial charge >= 0.3 is 5.97 Å². The highest BCUT2D eigenvalue weighted by molar-refractivity contribution is 6.31. The van der Waals surface area contributed by atoms with Gasteiger partial charge in [-0.15, -0.1) is 0 Å². The number of nitrogens with zero attached hydrogens (tertiary/aromatic N) is 4. The van der Waals surface area contributed by atoms with Crippen molar-refractivity contribution in [3.63, 3.8) is 0 Å². The van der Waals surface area contributed by atoms with Crippen LogP contribution in [0.2, 0.25) is 5.02 Å². The Hall–Kier alpha value is -3.00. The Morgan fingerprint density at radius 3 is 2.65 bits per heavy atom. The minimum atomic E-state index is -0.534. The first kappa shape index (κ1) is 17.8. The molecule has 8 nitrogen and oxygen atoms in total. The highest BCUT2D eigenvalue weighted by Gasteiger charge is 2.18. The van der Waals surface area contributed by atoms with Crippen LogP contribution in [-0.4, -0.2) is 32.5 Å². The van der Waals surface area contributed by atoms with E-state index in [4.69, 9.17) is 16.3 Å². The third-order valence-corrected chi connectivity index (χ3v) is 4.41. The normalized spacial score (nSPS) is 10.9. The summed E-state index contributed by atoms with van der Waals surface area (Å²) in [5.74, 6) is 0.154. The van der Waals surface area contributed by atoms with Crippen molar-refractivity contribution in [2.75, 3.05) is 7.11 Å². The van der Waals surface area contributed by atoms with Crippen molar-refractivity contribution in [1.29, 1.82) is 0 Å². The number of nitro benzene ring substituents is 1. The number of carbonyl (C=O) groups excluding carboxylic acids is 1. The second-order valence-electron chi connectivity index (χ2n) is 5.77. The smallest absolute Gasteiger partial charge is 0.356 e. The first-order valence-electron chi connectivity index (χ1n) is 7.67. The molecule has 0 aliphatic rings. The van der Waals surface area contributed by atoms with Gasteiger partial charge in [0.2, 0.25) is 0 Å². The molecule has 9 heteroatoms. The quantitative estimate of drug-likeness (QED) is 0.394. The number of nitro groups is 1. The lowest BCUT2D eigenvalue weighted by Gasteiger charge is -2.09. The van der Waals surface area contributed by atoms with Crippen LogP contribution in [0.3, 0.4) is 0 Å². The summed E-state index contributed by atoms with van der Waals surface area (Å²) in [4.78, 5) is 31.1. The number of benzene rings is 1. The van der Waals surface area contributed by atoms with Gasteiger partial charge in [-0.25, -0.2) is 14.8 Å². The molecule has 0 bridgehead atoms. The van der Waals surface area contributed by atoms with Crippen molar-refractivity contribution in [1.82, 2.24) is 14.5 Å². The molecule has 2 aromatic heterocycles. The SMILES string of the molecule is COC(=O)c1cc(C)c2nc(C)n(Cc3ccc([N+](=O)[O-])cc3Cl)c2n1. The third-order valence-electron chi connectivity index (χ3n) is 4.06. The standard InChI is InChI=1S/C17H15ClN4O4/c1-9-6-14(17(23)26-3)20-16-15(9)19-10(2)21(16)8-11-4-5-12(22(24)25)7-13(11)18/h4-7H,8H2,1-3H3. The Labute approximate surface area is 153 Å². The zero-order chi connectivity index (χ0) is 19.0. The third kappa shape index (κ3) is 3.11. The number of aromatic nitrogens is 3. The number of imidazole rings is 1. The molecule has 3 rings (SSSR count). The van der Waals surface area contributed by atoms with Crippen molar-refractivity contribution < 1.29 is 14.5 Å². The van der Waals surface area contributed by atoms with Crippen LogP contribution in [0.15, 0.2) is 24.3 Å². The van der Waals surface area contributed by atoms with Gasteiger partial charge in [-0.1, -0.05) is 11.6 Å². The summed E-state index contributed by atoms with van der Waals surface area (Å²) < 4.78 is 6.55. The summed E-state index contributed by atoms with van der Waals surface area (Å²) in [6.07, 6.45) is 0. The first-order valence-corrected chi connectivity index (χ1v) is 8.05. The molecule has 134 valence electrons. The van der Waals surface area contributed by atoms with Crippen molar-refractivity contribution in [3.8, 4) is 0 Å². The summed E-state index contributed by atoms with van der Waals surface area (Å²) in [5, 5.41) is 11.1. The van der Waals surface area contributed by atoms with E-state index in [-0.39, 0.29) is 16.4 Å². The van der Waals surface area contributed by atoms with Gasteiger partial charge in [-0.3, -0.25) is 10.1 Å². The minimum Gasteiger partial charge on any atom is -0.464 e. The molecule has 0 radical (unpaired) electrons. The predicted octanol–water partition coefficient (Wildman–Crippen LogP) is 3.44. The van der Waals surface area contributed by atoms with Crippen LogP contribution in [0.5, 0.6) is 0 Å². The van der Waals surface area contributed by atoms with Gasteiger partial charge in [-0.05, 0) is 37.1 Å². The number of methoxy groups -OCH3 is 1. The molecule has 0 atom stereocenters. The number of esters is 1. The number of hydrogen-bond donors (Lipinski definition) is 0. The number of fused-ring (bicyclic) bond motifs is 1. The summed E-state index contributed by atoms with van der Waals surface area (Å²) >= 11 is 6.20. The van der Waals surface area contributed by atoms with Gasteiger partial charge in [0.1, 0.15) is 11.3 Å². The number of aryl methyl sites for hydroxylation is 2. The Balaban J connectivity index is 2.10. The summed E-state index contributed by atoms with van der Waals surface area (Å²) in [6.45, 7) is 3.97. The van der Waals surface area contributed by atoms with Gasteiger partial charge in [0.05, 0.1) is 23.6 Å². The molecule has 0 amide bonds. The molecule has 1 aromatic carbocycles. The zero-order valence-corrected chi connectivity index (χ0v) is 15.1. The van der Waals surface area contributed by atoms with Crippen molar-refractivity contribution in [2.45, 2.75) is 20.4 Å². The maximum Gasteiger partial charge on any atom is 0.356 e. The van der Waals surface area contributed by atoms with Crippen LogP contribution in [0.25, 0.3) is 11.2 Å². The van der Waals surface area contributed by atoms with Crippen LogP contribution in [0, 0.1) is 24.0 Å². The maximum absolute atomic E-state index is 11.8. The van der Waals surface area contributed by atoms with E-state index in [1.54, 1.807) is 12.1 Å². The zero-order valence-electron chi connectivity index (χ0n) is 14.3. The maximum atomic E-state index is 11.8. The molecule has 0 unspecified atom stereocenters. The van der Waals surface area contributed by atoms with Crippen molar-refractivity contribution in [2.24, 2.45) is 0 Å². The van der Waals surface area contributed by atoms with Crippen LogP contribution >= 0.6 is 11.6 Å². The lowest BCUT2D eigenvalue weighted by atomic mass is 10.2. The topological polar surface area (TPSA) is 100 Å². The molecule has 26 heavy (non-hydrogen) atoms. The molecule has 0 aliphatic heterocycles. The fourth-order valence-corrected chi connectivity index (χ4v) is 2.93. The molecule has 2 heterocycles. The largest absolute Gasteiger partial charge is 0.464 e. The van der Waals surface area contributed by atoms with E-state index in [1.807, 2.05) is 18.4 Å². The molecule has 0 saturated carbocycles. The fraction of sp³-hybridized carbons (Fsp3) is 0.235. The van der Waals surface area contributed by atoms with Gasteiger partial charge in [-0.2, -0.15) is 0 Å². The molecular weight excluding hydrogens is 360 g/mol. The van der Waals surface area contributed by atoms with Crippen molar-refractivity contribution in [3.05, 3.63) is 62.0 Å². The highest BCUT2D eigenvalue weighted by atomic mass is 35.5. The fourth-order valence-electron chi connectivity index (χ4n) is 2.70. The van der Waals surface area contributed by atoms with Crippen molar-refractivity contribution >= 4 is 34.4 Å². The Kier molecular flexibility index (Phi) is 4.60. The van der Waals surface area contributed by atoms with Crippen LogP contribution in [0.1, 0.15) is 27.4 Å². The highest BCUT2D eigenvalue weighted by Crippen LogP contribution is 2.26. The summed E-state index contributed by atoms with van der Waals surface area (Å²) in [6, 6.07) is 5.94. The monoisotopic (exact) mass is 374 g/mol. The molecular formula is C17H15ClN4O4. The van der Waals surface area contributed by atoms with E-state index in [9.17, 15) is 14.9 Å². The van der Waals surface area contributed by atoms with Crippen LogP contribution in [-0.2, 0) is 11.3 Å². The minimum absolute atomic E-state index is 0.0760. The number of rotatable bonds is 4. The summed E-state index contributed by atoms with van der Waals surface area (Å²) in [5.41, 5.74) is 2.79. The number of non-ortho nitro benzene ring substituents is 1. The number of pyridine rings is 1. The average molecular weight is 375 g/mol. The second kappa shape index (κ2) is 6.72. The van der Waals surface area contributed by atoms with Gasteiger partial charge in [0, 0.05) is 12.1 Å². The molecule has 0 saturated heterocycles. The van der Waals surface area contributed by atoms with E-state index in [2.05, 4.69) is 9.97 Å². The second-order valence-corrected chi connectivity index (χ2v) is 6.17. The Bertz CT molecular complexity index is 1040. The van der Waals surface area contributed by atoms with Gasteiger partial charge in [0.15, 0.2) is 11.3 Å². The van der Waals surface area contributed by atoms with E-state index in [0.29, 0.717) is 29.1 Å². The number of hydrogen-bond acceptors (Lipinski definition) is 6. The van der Waals surface area contributed by atoms with Crippen LogP contribution in [0.4, 0.5) is 5.69 Å². The first-order chi connectivity index (χ1) is 12.3. The Morgan fingerprint density at radius 1 is 1.31 bits per heavy atom. The van der Waals surface area contributed by atoms with E-state index in [1.165, 1.54) is 19.2 Å². The number of ether oxygens (including phenoxy) is 1. The Morgan fingerprint density at radius 2 is 2.04 bits per heavy atom. The predicted molar refractivity (Wildman–Crippen MR) is 95.5 cm³/mol. The van der Waals surface area contributed by atoms with Gasteiger partial charge in [0.25, 0.3) is 5.69 Å². The summed E-state index contributed by atoms with van der Waals surface area (Å²) in [7, 11) is 1.29. The molecule has 0 aliphatic carbocycles. The molecule has 0 fully saturated rings. The molecule has 0 spiro atoms. The van der Waals surface area contributed by atoms with Crippen LogP contribution < -0.4 is 0 Å². The van der Waals surface area contributed by atoms with E-state index < -0.39 is 10.9 Å². The van der Waals surface area contributed by atoms with E-state index in [0.717, 1.165) is 5.56 Å². The number of carbonyl (C=O) groups is 1. The number of halogens is 1. The van der Waals surface area contributed by atoms with Gasteiger partial charge < -0.3 is 9.30 Å². The van der Waals surface area contributed by atoms with E-state index >= 15 is 0 Å².